The topological polar surface area (TPSA) is 68.7 Å². The number of carbonyl (C=O) groups excluding carboxylic acids is 1. The molecule has 2 N–H and O–H groups in total. The van der Waals surface area contributed by atoms with E-state index in [0.29, 0.717) is 19.0 Å². The standard InChI is InChI=1S/C22H30N4O2/c1-17(20-9-12-25(2)13-10-20)24-22(28)26(16-19-4-3-11-23-14-19)15-18-5-7-21(27)8-6-18/h3-8,11,14,17,20,27H,9-10,12-13,15-16H2,1-2H3,(H,24,28)/t17-/m0/s1. The maximum absolute atomic E-state index is 13.1. The Hall–Kier alpha value is -2.60. The third-order valence-electron chi connectivity index (χ3n) is 5.51. The zero-order valence-electron chi connectivity index (χ0n) is 16.7. The third kappa shape index (κ3) is 5.70. The highest BCUT2D eigenvalue weighted by molar-refractivity contribution is 5.74. The normalized spacial score (nSPS) is 16.5. The summed E-state index contributed by atoms with van der Waals surface area (Å²) in [4.78, 5) is 21.4. The van der Waals surface area contributed by atoms with Gasteiger partial charge in [0.25, 0.3) is 0 Å². The fourth-order valence-electron chi connectivity index (χ4n) is 3.67. The van der Waals surface area contributed by atoms with Crippen LogP contribution in [0.5, 0.6) is 5.75 Å². The van der Waals surface area contributed by atoms with Crippen LogP contribution in [0.25, 0.3) is 0 Å². The number of phenolic OH excluding ortho intramolecular Hbond substituents is 1. The second-order valence-electron chi connectivity index (χ2n) is 7.76. The van der Waals surface area contributed by atoms with Gasteiger partial charge in [0.05, 0.1) is 0 Å². The number of likely N-dealkylation sites (tertiary alicyclic amines) is 1. The minimum atomic E-state index is -0.0663. The lowest BCUT2D eigenvalue weighted by molar-refractivity contribution is 0.166. The Morgan fingerprint density at radius 1 is 1.21 bits per heavy atom. The van der Waals surface area contributed by atoms with Gasteiger partial charge in [-0.25, -0.2) is 4.79 Å². The van der Waals surface area contributed by atoms with Crippen LogP contribution in [-0.2, 0) is 13.1 Å². The van der Waals surface area contributed by atoms with Gasteiger partial charge in [0.2, 0.25) is 0 Å². The summed E-state index contributed by atoms with van der Waals surface area (Å²) in [5, 5.41) is 12.7. The van der Waals surface area contributed by atoms with Crippen molar-refractivity contribution in [2.24, 2.45) is 5.92 Å². The Balaban J connectivity index is 1.67. The second-order valence-corrected chi connectivity index (χ2v) is 7.76. The summed E-state index contributed by atoms with van der Waals surface area (Å²) in [6.07, 6.45) is 5.74. The van der Waals surface area contributed by atoms with Crippen molar-refractivity contribution < 1.29 is 9.90 Å². The van der Waals surface area contributed by atoms with Crippen LogP contribution < -0.4 is 5.32 Å². The molecule has 0 saturated carbocycles. The number of aromatic nitrogens is 1. The van der Waals surface area contributed by atoms with Gasteiger partial charge in [-0.05, 0) is 75.1 Å². The molecule has 1 fully saturated rings. The highest BCUT2D eigenvalue weighted by atomic mass is 16.3. The third-order valence-corrected chi connectivity index (χ3v) is 5.51. The zero-order chi connectivity index (χ0) is 19.9. The van der Waals surface area contributed by atoms with Crippen LogP contribution in [0, 0.1) is 5.92 Å². The maximum Gasteiger partial charge on any atom is 0.318 e. The highest BCUT2D eigenvalue weighted by Gasteiger charge is 2.25. The average Bonchev–Trinajstić information content (AvgIpc) is 2.70. The molecule has 0 radical (unpaired) electrons. The molecule has 28 heavy (non-hydrogen) atoms. The van der Waals surface area contributed by atoms with Crippen LogP contribution in [0.4, 0.5) is 4.79 Å². The van der Waals surface area contributed by atoms with Crippen LogP contribution in [0.1, 0.15) is 30.9 Å². The van der Waals surface area contributed by atoms with Crippen molar-refractivity contribution in [3.05, 3.63) is 59.9 Å². The molecule has 6 nitrogen and oxygen atoms in total. The number of piperidine rings is 1. The van der Waals surface area contributed by atoms with Gasteiger partial charge in [0, 0.05) is 31.5 Å². The number of hydrogen-bond donors (Lipinski definition) is 2. The van der Waals surface area contributed by atoms with E-state index in [2.05, 4.69) is 29.2 Å². The van der Waals surface area contributed by atoms with E-state index in [1.165, 1.54) is 0 Å². The van der Waals surface area contributed by atoms with Crippen molar-refractivity contribution in [3.63, 3.8) is 0 Å². The smallest absolute Gasteiger partial charge is 0.318 e. The number of urea groups is 1. The molecule has 0 spiro atoms. The number of phenols is 1. The SMILES string of the molecule is C[C@H](NC(=O)N(Cc1ccc(O)cc1)Cc1cccnc1)C1CCN(C)CC1. The van der Waals surface area contributed by atoms with Crippen LogP contribution in [0.3, 0.4) is 0 Å². The molecular formula is C22H30N4O2. The molecular weight excluding hydrogens is 352 g/mol. The fourth-order valence-corrected chi connectivity index (χ4v) is 3.67. The van der Waals surface area contributed by atoms with Crippen molar-refractivity contribution >= 4 is 6.03 Å². The number of benzene rings is 1. The van der Waals surface area contributed by atoms with Gasteiger partial charge >= 0.3 is 6.03 Å². The Morgan fingerprint density at radius 3 is 2.54 bits per heavy atom. The van der Waals surface area contributed by atoms with E-state index in [4.69, 9.17) is 0 Å². The number of nitrogens with zero attached hydrogens (tertiary/aromatic N) is 3. The molecule has 0 bridgehead atoms. The maximum atomic E-state index is 13.1. The molecule has 3 rings (SSSR count). The Bertz CT molecular complexity index is 743. The first kappa shape index (κ1) is 20.1. The summed E-state index contributed by atoms with van der Waals surface area (Å²) in [6, 6.07) is 10.9. The highest BCUT2D eigenvalue weighted by Crippen LogP contribution is 2.20. The number of amides is 2. The van der Waals surface area contributed by atoms with Crippen LogP contribution in [0.15, 0.2) is 48.8 Å². The first-order valence-corrected chi connectivity index (χ1v) is 9.92. The van der Waals surface area contributed by atoms with Crippen molar-refractivity contribution in [1.82, 2.24) is 20.1 Å². The molecule has 1 saturated heterocycles. The van der Waals surface area contributed by atoms with Gasteiger partial charge in [0.15, 0.2) is 0 Å². The van der Waals surface area contributed by atoms with Gasteiger partial charge in [-0.2, -0.15) is 0 Å². The molecule has 0 unspecified atom stereocenters. The number of pyridine rings is 1. The fraction of sp³-hybridized carbons (Fsp3) is 0.455. The monoisotopic (exact) mass is 382 g/mol. The minimum absolute atomic E-state index is 0.0663. The number of carbonyl (C=O) groups is 1. The number of rotatable bonds is 6. The molecule has 1 aromatic heterocycles. The molecule has 1 aliphatic rings. The first-order valence-electron chi connectivity index (χ1n) is 9.92. The Kier molecular flexibility index (Phi) is 6.87. The van der Waals surface area contributed by atoms with Gasteiger partial charge in [-0.1, -0.05) is 18.2 Å². The van der Waals surface area contributed by atoms with Crippen LogP contribution in [0.2, 0.25) is 0 Å². The number of aromatic hydroxyl groups is 1. The van der Waals surface area contributed by atoms with E-state index in [1.807, 2.05) is 24.3 Å². The zero-order valence-corrected chi connectivity index (χ0v) is 16.7. The van der Waals surface area contributed by atoms with Crippen molar-refractivity contribution in [2.75, 3.05) is 20.1 Å². The quantitative estimate of drug-likeness (QED) is 0.805. The molecule has 2 amide bonds. The Labute approximate surface area is 167 Å². The number of nitrogens with one attached hydrogen (secondary N) is 1. The molecule has 1 aliphatic heterocycles. The van der Waals surface area contributed by atoms with Crippen molar-refractivity contribution in [2.45, 2.75) is 38.9 Å². The largest absolute Gasteiger partial charge is 0.508 e. The summed E-state index contributed by atoms with van der Waals surface area (Å²) in [5.74, 6) is 0.733. The summed E-state index contributed by atoms with van der Waals surface area (Å²) >= 11 is 0. The predicted molar refractivity (Wildman–Crippen MR) is 110 cm³/mol. The molecule has 2 aromatic rings. The van der Waals surface area contributed by atoms with Gasteiger partial charge in [-0.3, -0.25) is 4.98 Å². The molecule has 1 atom stereocenters. The Morgan fingerprint density at radius 2 is 1.89 bits per heavy atom. The molecule has 2 heterocycles. The van der Waals surface area contributed by atoms with Crippen LogP contribution >= 0.6 is 0 Å². The summed E-state index contributed by atoms with van der Waals surface area (Å²) in [7, 11) is 2.15. The second kappa shape index (κ2) is 9.55. The molecule has 150 valence electrons. The van der Waals surface area contributed by atoms with E-state index in [1.54, 1.807) is 29.4 Å². The molecule has 6 heteroatoms. The van der Waals surface area contributed by atoms with Gasteiger partial charge in [-0.15, -0.1) is 0 Å². The number of hydrogen-bond acceptors (Lipinski definition) is 4. The van der Waals surface area contributed by atoms with Crippen LogP contribution in [-0.4, -0.2) is 52.1 Å². The van der Waals surface area contributed by atoms with E-state index in [-0.39, 0.29) is 17.8 Å². The molecule has 0 aliphatic carbocycles. The van der Waals surface area contributed by atoms with Crippen molar-refractivity contribution in [3.8, 4) is 5.75 Å². The van der Waals surface area contributed by atoms with Gasteiger partial charge in [0.1, 0.15) is 5.75 Å². The summed E-state index contributed by atoms with van der Waals surface area (Å²) in [6.45, 7) is 5.23. The average molecular weight is 383 g/mol. The van der Waals surface area contributed by atoms with E-state index in [9.17, 15) is 9.90 Å². The van der Waals surface area contributed by atoms with E-state index < -0.39 is 0 Å². The molecule has 1 aromatic carbocycles. The summed E-state index contributed by atoms with van der Waals surface area (Å²) in [5.41, 5.74) is 1.96. The van der Waals surface area contributed by atoms with Gasteiger partial charge < -0.3 is 20.2 Å². The lowest BCUT2D eigenvalue weighted by atomic mass is 9.90. The summed E-state index contributed by atoms with van der Waals surface area (Å²) < 4.78 is 0. The lowest BCUT2D eigenvalue weighted by Gasteiger charge is -2.34. The first-order chi connectivity index (χ1) is 13.5. The van der Waals surface area contributed by atoms with E-state index >= 15 is 0 Å². The van der Waals surface area contributed by atoms with E-state index in [0.717, 1.165) is 37.1 Å². The van der Waals surface area contributed by atoms with Crippen molar-refractivity contribution in [1.29, 1.82) is 0 Å². The predicted octanol–water partition coefficient (Wildman–Crippen LogP) is 3.23. The minimum Gasteiger partial charge on any atom is -0.508 e. The lowest BCUT2D eigenvalue weighted by Crippen LogP contribution is -2.47.